The molecule has 0 spiro atoms. The van der Waals surface area contributed by atoms with Crippen molar-refractivity contribution in [1.29, 1.82) is 0 Å². The standard InChI is InChI=1S/C34H49N3O2/c1-24-11-12-27(15-17-34(4)22-39-23-34)31(20-24)32(26(3)38)37-19-16-29(21-37)25(2)8-5-6-10-30-14-13-28-9-7-18-35-33(28)36-30/h11-14,20,25,29,32H,5-10,15-19,21-23H2,1-4H3,(H,35,36)/t25?,29-,32?/m1/s1. The van der Waals surface area contributed by atoms with Gasteiger partial charge in [0.25, 0.3) is 0 Å². The molecule has 3 atom stereocenters. The number of pyridine rings is 1. The molecule has 5 nitrogen and oxygen atoms in total. The van der Waals surface area contributed by atoms with Gasteiger partial charge < -0.3 is 10.1 Å². The molecule has 3 aliphatic heterocycles. The van der Waals surface area contributed by atoms with Gasteiger partial charge in [-0.3, -0.25) is 9.69 Å². The van der Waals surface area contributed by atoms with E-state index in [1.807, 2.05) is 0 Å². The summed E-state index contributed by atoms with van der Waals surface area (Å²) in [6.45, 7) is 13.5. The average molecular weight is 532 g/mol. The van der Waals surface area contributed by atoms with Crippen molar-refractivity contribution >= 4 is 11.6 Å². The van der Waals surface area contributed by atoms with Crippen LogP contribution in [0, 0.1) is 24.2 Å². The Kier molecular flexibility index (Phi) is 9.08. The number of fused-ring (bicyclic) bond motifs is 1. The molecule has 4 heterocycles. The van der Waals surface area contributed by atoms with Crippen molar-refractivity contribution in [2.24, 2.45) is 17.3 Å². The smallest absolute Gasteiger partial charge is 0.151 e. The lowest BCUT2D eigenvalue weighted by atomic mass is 9.81. The molecule has 0 aliphatic carbocycles. The Hall–Kier alpha value is -2.24. The predicted octanol–water partition coefficient (Wildman–Crippen LogP) is 6.72. The van der Waals surface area contributed by atoms with E-state index in [-0.39, 0.29) is 17.2 Å². The Labute approximate surface area is 236 Å². The van der Waals surface area contributed by atoms with E-state index in [0.29, 0.717) is 11.8 Å². The van der Waals surface area contributed by atoms with Crippen molar-refractivity contribution in [1.82, 2.24) is 9.88 Å². The summed E-state index contributed by atoms with van der Waals surface area (Å²) in [6.07, 6.45) is 10.4. The highest BCUT2D eigenvalue weighted by Crippen LogP contribution is 2.37. The summed E-state index contributed by atoms with van der Waals surface area (Å²) in [4.78, 5) is 20.5. The third kappa shape index (κ3) is 6.92. The van der Waals surface area contributed by atoms with Gasteiger partial charge >= 0.3 is 0 Å². The van der Waals surface area contributed by atoms with Gasteiger partial charge in [-0.05, 0) is 99.9 Å². The summed E-state index contributed by atoms with van der Waals surface area (Å²) in [5, 5.41) is 3.46. The van der Waals surface area contributed by atoms with Crippen LogP contribution in [-0.4, -0.2) is 48.5 Å². The number of anilines is 1. The summed E-state index contributed by atoms with van der Waals surface area (Å²) in [7, 11) is 0. The lowest BCUT2D eigenvalue weighted by Gasteiger charge is -2.38. The first kappa shape index (κ1) is 28.3. The molecule has 1 aromatic heterocycles. The maximum Gasteiger partial charge on any atom is 0.151 e. The highest BCUT2D eigenvalue weighted by molar-refractivity contribution is 5.83. The van der Waals surface area contributed by atoms with Gasteiger partial charge in [0, 0.05) is 24.2 Å². The number of ketones is 1. The van der Waals surface area contributed by atoms with Crippen LogP contribution in [0.1, 0.15) is 93.3 Å². The number of benzene rings is 1. The molecule has 5 rings (SSSR count). The van der Waals surface area contributed by atoms with E-state index in [2.05, 4.69) is 61.3 Å². The van der Waals surface area contributed by atoms with E-state index in [1.165, 1.54) is 60.1 Å². The molecule has 0 bridgehead atoms. The van der Waals surface area contributed by atoms with Gasteiger partial charge in [0.1, 0.15) is 5.82 Å². The molecular formula is C34H49N3O2. The molecule has 0 radical (unpaired) electrons. The third-order valence-electron chi connectivity index (χ3n) is 9.60. The number of unbranched alkanes of at least 4 members (excludes halogenated alkanes) is 1. The Morgan fingerprint density at radius 2 is 2.05 bits per heavy atom. The highest BCUT2D eigenvalue weighted by atomic mass is 16.5. The molecule has 2 saturated heterocycles. The number of nitrogens with zero attached hydrogens (tertiary/aromatic N) is 2. The van der Waals surface area contributed by atoms with Gasteiger partial charge in [-0.15, -0.1) is 0 Å². The summed E-state index contributed by atoms with van der Waals surface area (Å²) >= 11 is 0. The molecule has 2 aromatic rings. The first-order valence-corrected chi connectivity index (χ1v) is 15.5. The van der Waals surface area contributed by atoms with Crippen molar-refractivity contribution in [2.75, 3.05) is 38.2 Å². The average Bonchev–Trinajstić information content (AvgIpc) is 3.39. The number of hydrogen-bond acceptors (Lipinski definition) is 5. The van der Waals surface area contributed by atoms with Gasteiger partial charge in [0.2, 0.25) is 0 Å². The summed E-state index contributed by atoms with van der Waals surface area (Å²) in [5.41, 5.74) is 6.71. The predicted molar refractivity (Wildman–Crippen MR) is 159 cm³/mol. The molecule has 0 saturated carbocycles. The van der Waals surface area contributed by atoms with Crippen LogP contribution in [0.3, 0.4) is 0 Å². The number of aryl methyl sites for hydroxylation is 4. The van der Waals surface area contributed by atoms with Crippen LogP contribution >= 0.6 is 0 Å². The minimum Gasteiger partial charge on any atom is -0.380 e. The zero-order valence-electron chi connectivity index (χ0n) is 24.7. The second kappa shape index (κ2) is 12.5. The van der Waals surface area contributed by atoms with E-state index in [9.17, 15) is 4.79 Å². The molecule has 3 aliphatic rings. The van der Waals surface area contributed by atoms with Crippen LogP contribution in [0.25, 0.3) is 0 Å². The number of likely N-dealkylation sites (tertiary alicyclic amines) is 1. The zero-order valence-corrected chi connectivity index (χ0v) is 24.7. The zero-order chi connectivity index (χ0) is 27.4. The van der Waals surface area contributed by atoms with Crippen LogP contribution in [0.15, 0.2) is 30.3 Å². The topological polar surface area (TPSA) is 54.5 Å². The van der Waals surface area contributed by atoms with E-state index < -0.39 is 0 Å². The second-order valence-electron chi connectivity index (χ2n) is 13.1. The summed E-state index contributed by atoms with van der Waals surface area (Å²) in [6, 6.07) is 11.1. The third-order valence-corrected chi connectivity index (χ3v) is 9.60. The first-order chi connectivity index (χ1) is 18.8. The highest BCUT2D eigenvalue weighted by Gasteiger charge is 2.36. The second-order valence-corrected chi connectivity index (χ2v) is 13.1. The van der Waals surface area contributed by atoms with Crippen LogP contribution in [0.2, 0.25) is 0 Å². The van der Waals surface area contributed by atoms with Crippen molar-refractivity contribution in [3.8, 4) is 0 Å². The van der Waals surface area contributed by atoms with E-state index in [4.69, 9.17) is 9.72 Å². The molecular weight excluding hydrogens is 482 g/mol. The van der Waals surface area contributed by atoms with E-state index >= 15 is 0 Å². The van der Waals surface area contributed by atoms with Crippen LogP contribution < -0.4 is 5.32 Å². The number of rotatable bonds is 12. The molecule has 2 fully saturated rings. The Morgan fingerprint density at radius 3 is 2.82 bits per heavy atom. The van der Waals surface area contributed by atoms with Gasteiger partial charge in [0.05, 0.1) is 19.3 Å². The molecule has 2 unspecified atom stereocenters. The minimum atomic E-state index is -0.119. The van der Waals surface area contributed by atoms with Gasteiger partial charge in [0.15, 0.2) is 5.78 Å². The number of ether oxygens (including phenoxy) is 1. The number of Topliss-reactive ketones (excluding diaryl/α,β-unsaturated/α-hetero) is 1. The fourth-order valence-electron chi connectivity index (χ4n) is 6.93. The maximum absolute atomic E-state index is 13.1. The largest absolute Gasteiger partial charge is 0.380 e. The molecule has 1 N–H and O–H groups in total. The fourth-order valence-corrected chi connectivity index (χ4v) is 6.93. The number of carbonyl (C=O) groups is 1. The number of hydrogen-bond donors (Lipinski definition) is 1. The van der Waals surface area contributed by atoms with Crippen molar-refractivity contribution in [3.63, 3.8) is 0 Å². The number of carbonyl (C=O) groups excluding carboxylic acids is 1. The minimum absolute atomic E-state index is 0.119. The Morgan fingerprint density at radius 1 is 1.21 bits per heavy atom. The van der Waals surface area contributed by atoms with Crippen LogP contribution in [0.4, 0.5) is 5.82 Å². The fraction of sp³-hybridized carbons (Fsp3) is 0.647. The molecule has 39 heavy (non-hydrogen) atoms. The number of nitrogens with one attached hydrogen (secondary N) is 1. The molecule has 5 heteroatoms. The quantitative estimate of drug-likeness (QED) is 0.308. The maximum atomic E-state index is 13.1. The van der Waals surface area contributed by atoms with Crippen molar-refractivity contribution in [2.45, 2.75) is 91.5 Å². The summed E-state index contributed by atoms with van der Waals surface area (Å²) in [5.74, 6) is 2.73. The van der Waals surface area contributed by atoms with Crippen molar-refractivity contribution in [3.05, 3.63) is 58.3 Å². The van der Waals surface area contributed by atoms with Crippen LogP contribution in [-0.2, 0) is 28.8 Å². The van der Waals surface area contributed by atoms with Gasteiger partial charge in [-0.25, -0.2) is 4.98 Å². The Balaban J connectivity index is 1.15. The monoisotopic (exact) mass is 531 g/mol. The Bertz CT molecular complexity index is 1140. The van der Waals surface area contributed by atoms with Crippen molar-refractivity contribution < 1.29 is 9.53 Å². The molecule has 0 amide bonds. The number of aromatic nitrogens is 1. The lowest BCUT2D eigenvalue weighted by molar-refractivity contribution is -0.122. The van der Waals surface area contributed by atoms with Gasteiger partial charge in [-0.2, -0.15) is 0 Å². The van der Waals surface area contributed by atoms with Crippen LogP contribution in [0.5, 0.6) is 0 Å². The normalized spacial score (nSPS) is 22.0. The molecule has 1 aromatic carbocycles. The first-order valence-electron chi connectivity index (χ1n) is 15.5. The summed E-state index contributed by atoms with van der Waals surface area (Å²) < 4.78 is 5.49. The van der Waals surface area contributed by atoms with E-state index in [1.54, 1.807) is 6.92 Å². The SMILES string of the molecule is CC(=O)C(c1cc(C)ccc1CCC1(C)COC1)N1CC[C@@H](C(C)CCCCc2ccc3c(n2)NCCC3)C1. The lowest BCUT2D eigenvalue weighted by Crippen LogP contribution is -2.40. The van der Waals surface area contributed by atoms with E-state index in [0.717, 1.165) is 64.3 Å². The molecule has 212 valence electrons. The van der Waals surface area contributed by atoms with Gasteiger partial charge in [-0.1, -0.05) is 56.5 Å².